The van der Waals surface area contributed by atoms with Crippen molar-refractivity contribution in [3.8, 4) is 5.75 Å². The number of methoxy groups -OCH3 is 1. The second-order valence-corrected chi connectivity index (χ2v) is 11.3. The summed E-state index contributed by atoms with van der Waals surface area (Å²) in [7, 11) is -2.14. The third kappa shape index (κ3) is 3.96. The smallest absolute Gasteiger partial charge is 0.309 e. The number of aromatic nitrogens is 2. The second-order valence-electron chi connectivity index (χ2n) is 9.40. The summed E-state index contributed by atoms with van der Waals surface area (Å²) in [5.74, 6) is 0.240. The summed E-state index contributed by atoms with van der Waals surface area (Å²) in [6.45, 7) is 2.74. The van der Waals surface area contributed by atoms with E-state index in [1.165, 1.54) is 0 Å². The minimum atomic E-state index is -3.69. The first-order chi connectivity index (χ1) is 16.3. The first kappa shape index (κ1) is 22.9. The predicted octanol–water partition coefficient (Wildman–Crippen LogP) is 3.64. The summed E-state index contributed by atoms with van der Waals surface area (Å²) in [6.07, 6.45) is 3.15. The van der Waals surface area contributed by atoms with E-state index in [4.69, 9.17) is 9.84 Å². The molecule has 2 aliphatic rings. The van der Waals surface area contributed by atoms with Gasteiger partial charge in [-0.05, 0) is 54.7 Å². The Labute approximate surface area is 199 Å². The number of rotatable bonds is 7. The Morgan fingerprint density at radius 2 is 1.88 bits per heavy atom. The van der Waals surface area contributed by atoms with Crippen molar-refractivity contribution in [1.82, 2.24) is 14.1 Å². The van der Waals surface area contributed by atoms with Crippen molar-refractivity contribution < 1.29 is 23.1 Å². The van der Waals surface area contributed by atoms with Crippen LogP contribution in [0.1, 0.15) is 36.6 Å². The van der Waals surface area contributed by atoms with Crippen LogP contribution in [0.4, 0.5) is 0 Å². The lowest BCUT2D eigenvalue weighted by atomic mass is 9.74. The van der Waals surface area contributed by atoms with Crippen LogP contribution in [-0.2, 0) is 21.2 Å². The number of nitrogens with zero attached hydrogens (tertiary/aromatic N) is 3. The van der Waals surface area contributed by atoms with Crippen LogP contribution < -0.4 is 4.74 Å². The zero-order chi connectivity index (χ0) is 24.0. The highest BCUT2D eigenvalue weighted by Gasteiger charge is 2.46. The number of benzene rings is 2. The number of carbonyl (C=O) groups is 1. The summed E-state index contributed by atoms with van der Waals surface area (Å²) in [5, 5.41) is 15.0. The maximum Gasteiger partial charge on any atom is 0.309 e. The van der Waals surface area contributed by atoms with Crippen LogP contribution in [0, 0.1) is 18.8 Å². The van der Waals surface area contributed by atoms with Gasteiger partial charge in [-0.2, -0.15) is 9.40 Å². The molecule has 2 aromatic carbocycles. The number of carboxylic acid groups (broad SMARTS) is 1. The Morgan fingerprint density at radius 3 is 2.50 bits per heavy atom. The molecule has 0 spiro atoms. The van der Waals surface area contributed by atoms with Gasteiger partial charge in [-0.1, -0.05) is 31.4 Å². The highest BCUT2D eigenvalue weighted by Crippen LogP contribution is 2.45. The zero-order valence-corrected chi connectivity index (χ0v) is 20.2. The lowest BCUT2D eigenvalue weighted by Gasteiger charge is -2.34. The van der Waals surface area contributed by atoms with Crippen LogP contribution >= 0.6 is 0 Å². The molecule has 1 aromatic heterocycles. The molecule has 8 nitrogen and oxygen atoms in total. The molecular formula is C25H29N3O5S. The average molecular weight is 484 g/mol. The quantitative estimate of drug-likeness (QED) is 0.551. The highest BCUT2D eigenvalue weighted by atomic mass is 32.2. The molecule has 1 N–H and O–H groups in total. The first-order valence-electron chi connectivity index (χ1n) is 11.6. The largest absolute Gasteiger partial charge is 0.497 e. The van der Waals surface area contributed by atoms with E-state index in [1.807, 2.05) is 29.8 Å². The molecule has 2 atom stereocenters. The number of carboxylic acids is 1. The molecule has 1 aliphatic heterocycles. The van der Waals surface area contributed by atoms with E-state index in [2.05, 4.69) is 0 Å². The number of sulfonamides is 1. The fourth-order valence-corrected chi connectivity index (χ4v) is 6.79. The summed E-state index contributed by atoms with van der Waals surface area (Å²) < 4.78 is 35.7. The molecule has 9 heteroatoms. The van der Waals surface area contributed by atoms with Crippen LogP contribution in [0.3, 0.4) is 0 Å². The van der Waals surface area contributed by atoms with Gasteiger partial charge in [0, 0.05) is 18.5 Å². The maximum absolute atomic E-state index is 13.5. The number of fused-ring (bicyclic) bond motifs is 1. The molecule has 0 radical (unpaired) electrons. The third-order valence-corrected chi connectivity index (χ3v) is 9.17. The molecule has 1 aliphatic carbocycles. The van der Waals surface area contributed by atoms with Crippen molar-refractivity contribution in [3.63, 3.8) is 0 Å². The highest BCUT2D eigenvalue weighted by molar-refractivity contribution is 7.89. The van der Waals surface area contributed by atoms with E-state index < -0.39 is 16.0 Å². The molecule has 5 rings (SSSR count). The molecule has 3 aromatic rings. The topological polar surface area (TPSA) is 102 Å². The van der Waals surface area contributed by atoms with Gasteiger partial charge in [0.15, 0.2) is 0 Å². The van der Waals surface area contributed by atoms with Crippen molar-refractivity contribution in [1.29, 1.82) is 0 Å². The molecule has 0 amide bonds. The monoisotopic (exact) mass is 483 g/mol. The SMILES string of the molecule is COc1ccc(S(=O)(=O)N2CC(C3CCC3)[C@@H](n3nc(CC(=O)O)c4ccc(C)cc43)C2)cc1. The van der Waals surface area contributed by atoms with Crippen LogP contribution in [0.25, 0.3) is 10.9 Å². The van der Waals surface area contributed by atoms with E-state index >= 15 is 0 Å². The van der Waals surface area contributed by atoms with E-state index in [0.717, 1.165) is 35.7 Å². The van der Waals surface area contributed by atoms with E-state index in [1.54, 1.807) is 35.7 Å². The second kappa shape index (κ2) is 8.70. The minimum Gasteiger partial charge on any atom is -0.497 e. The molecule has 1 saturated carbocycles. The van der Waals surface area contributed by atoms with E-state index in [0.29, 0.717) is 30.5 Å². The molecule has 34 heavy (non-hydrogen) atoms. The number of ether oxygens (including phenoxy) is 1. The molecule has 1 saturated heterocycles. The summed E-state index contributed by atoms with van der Waals surface area (Å²) >= 11 is 0. The third-order valence-electron chi connectivity index (χ3n) is 7.32. The van der Waals surface area contributed by atoms with Crippen LogP contribution in [0.2, 0.25) is 0 Å². The number of hydrogen-bond acceptors (Lipinski definition) is 5. The van der Waals surface area contributed by atoms with Gasteiger partial charge in [0.25, 0.3) is 0 Å². The number of aliphatic carboxylic acids is 1. The molecule has 1 unspecified atom stereocenters. The number of aryl methyl sites for hydroxylation is 1. The van der Waals surface area contributed by atoms with Gasteiger partial charge in [0.05, 0.1) is 35.7 Å². The fourth-order valence-electron chi connectivity index (χ4n) is 5.30. The van der Waals surface area contributed by atoms with Crippen molar-refractivity contribution >= 4 is 26.9 Å². The Hall–Kier alpha value is -2.91. The van der Waals surface area contributed by atoms with Crippen molar-refractivity contribution in [2.24, 2.45) is 11.8 Å². The Morgan fingerprint density at radius 1 is 1.15 bits per heavy atom. The van der Waals surface area contributed by atoms with Gasteiger partial charge >= 0.3 is 5.97 Å². The van der Waals surface area contributed by atoms with Crippen molar-refractivity contribution in [3.05, 3.63) is 53.7 Å². The van der Waals surface area contributed by atoms with Crippen molar-refractivity contribution in [2.75, 3.05) is 20.2 Å². The normalized spacial score (nSPS) is 21.6. The molecule has 180 valence electrons. The number of hydrogen-bond donors (Lipinski definition) is 1. The molecule has 0 bridgehead atoms. The molecule has 2 fully saturated rings. The van der Waals surface area contributed by atoms with Gasteiger partial charge in [0.2, 0.25) is 10.0 Å². The van der Waals surface area contributed by atoms with Crippen LogP contribution in [0.5, 0.6) is 5.75 Å². The van der Waals surface area contributed by atoms with Gasteiger partial charge in [-0.3, -0.25) is 9.48 Å². The maximum atomic E-state index is 13.5. The zero-order valence-electron chi connectivity index (χ0n) is 19.3. The van der Waals surface area contributed by atoms with Crippen molar-refractivity contribution in [2.45, 2.75) is 43.5 Å². The summed E-state index contributed by atoms with van der Waals surface area (Å²) in [4.78, 5) is 11.7. The molecular weight excluding hydrogens is 454 g/mol. The molecule has 2 heterocycles. The van der Waals surface area contributed by atoms with Gasteiger partial charge in [-0.15, -0.1) is 0 Å². The van der Waals surface area contributed by atoms with Crippen LogP contribution in [0.15, 0.2) is 47.4 Å². The lowest BCUT2D eigenvalue weighted by Crippen LogP contribution is -2.31. The van der Waals surface area contributed by atoms with Gasteiger partial charge < -0.3 is 9.84 Å². The van der Waals surface area contributed by atoms with Gasteiger partial charge in [0.1, 0.15) is 5.75 Å². The standard InChI is InChI=1S/C25H29N3O5S/c1-16-6-11-20-22(13-25(29)30)26-28(23(20)12-16)24-15-27(14-21(24)17-4-3-5-17)34(31,32)19-9-7-18(33-2)8-10-19/h6-12,17,21,24H,3-5,13-15H2,1-2H3,(H,29,30)/t21?,24-/m0/s1. The Kier molecular flexibility index (Phi) is 5.85. The Balaban J connectivity index is 1.55. The van der Waals surface area contributed by atoms with Gasteiger partial charge in [-0.25, -0.2) is 8.42 Å². The predicted molar refractivity (Wildman–Crippen MR) is 127 cm³/mol. The fraction of sp³-hybridized carbons (Fsp3) is 0.440. The lowest BCUT2D eigenvalue weighted by molar-refractivity contribution is -0.136. The van der Waals surface area contributed by atoms with Crippen LogP contribution in [-0.4, -0.2) is 53.8 Å². The average Bonchev–Trinajstić information content (AvgIpc) is 3.34. The Bertz CT molecular complexity index is 1330. The van der Waals surface area contributed by atoms with E-state index in [-0.39, 0.29) is 23.3 Å². The minimum absolute atomic E-state index is 0.128. The summed E-state index contributed by atoms with van der Waals surface area (Å²) in [5.41, 5.74) is 2.44. The summed E-state index contributed by atoms with van der Waals surface area (Å²) in [6, 6.07) is 12.2. The first-order valence-corrected chi connectivity index (χ1v) is 13.1. The van der Waals surface area contributed by atoms with E-state index in [9.17, 15) is 18.3 Å².